The molecule has 0 radical (unpaired) electrons. The Hall–Kier alpha value is -4.84. The van der Waals surface area contributed by atoms with Crippen LogP contribution in [0.5, 0.6) is 11.5 Å². The molecule has 184 valence electrons. The van der Waals surface area contributed by atoms with Crippen LogP contribution in [0.3, 0.4) is 0 Å². The molecule has 0 aromatic heterocycles. The lowest BCUT2D eigenvalue weighted by atomic mass is 10.0. The monoisotopic (exact) mass is 490 g/mol. The van der Waals surface area contributed by atoms with Gasteiger partial charge in [-0.05, 0) is 70.4 Å². The van der Waals surface area contributed by atoms with Gasteiger partial charge in [-0.25, -0.2) is 0 Å². The lowest BCUT2D eigenvalue weighted by Gasteiger charge is -2.15. The third-order valence-electron chi connectivity index (χ3n) is 6.37. The summed E-state index contributed by atoms with van der Waals surface area (Å²) in [5, 5.41) is 9.75. The first-order chi connectivity index (χ1) is 18.0. The predicted octanol–water partition coefficient (Wildman–Crippen LogP) is 6.82. The molecule has 0 saturated heterocycles. The maximum absolute atomic E-state index is 13.3. The summed E-state index contributed by atoms with van der Waals surface area (Å²) in [7, 11) is 3.09. The standard InChI is InChI=1S/C31H26N2O4/c1-19-12-13-24(32-30(34)25-14-20-8-4-6-10-22(20)16-28(25)36-2)18-27(19)33-31(35)26-15-21-9-5-7-11-23(21)17-29(26)37-3/h4-18H,1-3H3,(H,32,34)(H,33,35). The van der Waals surface area contributed by atoms with Gasteiger partial charge in [-0.1, -0.05) is 54.6 Å². The summed E-state index contributed by atoms with van der Waals surface area (Å²) in [5.74, 6) is 0.368. The molecule has 2 N–H and O–H groups in total. The minimum absolute atomic E-state index is 0.301. The van der Waals surface area contributed by atoms with Crippen LogP contribution in [0, 0.1) is 6.92 Å². The Kier molecular flexibility index (Phi) is 6.47. The Balaban J connectivity index is 1.41. The topological polar surface area (TPSA) is 76.7 Å². The minimum atomic E-state index is -0.306. The molecule has 0 aliphatic heterocycles. The molecule has 0 bridgehead atoms. The van der Waals surface area contributed by atoms with E-state index in [4.69, 9.17) is 9.47 Å². The second-order valence-corrected chi connectivity index (χ2v) is 8.74. The smallest absolute Gasteiger partial charge is 0.259 e. The van der Waals surface area contributed by atoms with E-state index >= 15 is 0 Å². The average Bonchev–Trinajstić information content (AvgIpc) is 2.93. The fourth-order valence-electron chi connectivity index (χ4n) is 4.35. The van der Waals surface area contributed by atoms with Gasteiger partial charge < -0.3 is 20.1 Å². The fraction of sp³-hybridized carbons (Fsp3) is 0.0968. The maximum Gasteiger partial charge on any atom is 0.259 e. The van der Waals surface area contributed by atoms with Crippen molar-refractivity contribution in [1.29, 1.82) is 0 Å². The van der Waals surface area contributed by atoms with E-state index in [1.54, 1.807) is 26.4 Å². The van der Waals surface area contributed by atoms with Crippen molar-refractivity contribution in [2.75, 3.05) is 24.9 Å². The summed E-state index contributed by atoms with van der Waals surface area (Å²) in [6.45, 7) is 1.89. The molecular formula is C31H26N2O4. The summed E-state index contributed by atoms with van der Waals surface area (Å²) in [6, 6.07) is 28.3. The number of fused-ring (bicyclic) bond motifs is 2. The van der Waals surface area contributed by atoms with Crippen LogP contribution in [0.1, 0.15) is 26.3 Å². The van der Waals surface area contributed by atoms with Gasteiger partial charge >= 0.3 is 0 Å². The number of aryl methyl sites for hydroxylation is 1. The van der Waals surface area contributed by atoms with Crippen molar-refractivity contribution >= 4 is 44.7 Å². The zero-order chi connectivity index (χ0) is 25.9. The van der Waals surface area contributed by atoms with Crippen LogP contribution in [0.15, 0.2) is 91.0 Å². The van der Waals surface area contributed by atoms with E-state index in [1.165, 1.54) is 0 Å². The quantitative estimate of drug-likeness (QED) is 0.274. The molecule has 5 rings (SSSR count). The molecule has 2 amide bonds. The first-order valence-electron chi connectivity index (χ1n) is 11.8. The van der Waals surface area contributed by atoms with Gasteiger partial charge in [0.15, 0.2) is 0 Å². The number of methoxy groups -OCH3 is 2. The zero-order valence-corrected chi connectivity index (χ0v) is 20.8. The zero-order valence-electron chi connectivity index (χ0n) is 20.8. The highest BCUT2D eigenvalue weighted by Crippen LogP contribution is 2.30. The van der Waals surface area contributed by atoms with Gasteiger partial charge in [-0.15, -0.1) is 0 Å². The van der Waals surface area contributed by atoms with Crippen LogP contribution in [-0.2, 0) is 0 Å². The van der Waals surface area contributed by atoms with Gasteiger partial charge in [0.1, 0.15) is 11.5 Å². The van der Waals surface area contributed by atoms with E-state index in [2.05, 4.69) is 10.6 Å². The second kappa shape index (κ2) is 10.0. The number of hydrogen-bond acceptors (Lipinski definition) is 4. The number of amides is 2. The van der Waals surface area contributed by atoms with Gasteiger partial charge in [0, 0.05) is 11.4 Å². The lowest BCUT2D eigenvalue weighted by Crippen LogP contribution is -2.16. The summed E-state index contributed by atoms with van der Waals surface area (Å²) >= 11 is 0. The Morgan fingerprint density at radius 2 is 1.05 bits per heavy atom. The highest BCUT2D eigenvalue weighted by molar-refractivity contribution is 6.11. The van der Waals surface area contributed by atoms with E-state index in [-0.39, 0.29) is 11.8 Å². The molecule has 0 fully saturated rings. The highest BCUT2D eigenvalue weighted by atomic mass is 16.5. The third-order valence-corrected chi connectivity index (χ3v) is 6.37. The van der Waals surface area contributed by atoms with E-state index in [1.807, 2.05) is 85.8 Å². The number of carbonyl (C=O) groups excluding carboxylic acids is 2. The molecule has 6 nitrogen and oxygen atoms in total. The number of nitrogens with one attached hydrogen (secondary N) is 2. The van der Waals surface area contributed by atoms with Crippen LogP contribution >= 0.6 is 0 Å². The molecule has 0 spiro atoms. The number of benzene rings is 5. The number of hydrogen-bond donors (Lipinski definition) is 2. The molecule has 6 heteroatoms. The highest BCUT2D eigenvalue weighted by Gasteiger charge is 2.17. The predicted molar refractivity (Wildman–Crippen MR) is 148 cm³/mol. The summed E-state index contributed by atoms with van der Waals surface area (Å²) in [5.41, 5.74) is 2.84. The van der Waals surface area contributed by atoms with Crippen LogP contribution in [0.25, 0.3) is 21.5 Å². The summed E-state index contributed by atoms with van der Waals surface area (Å²) in [4.78, 5) is 26.4. The number of rotatable bonds is 6. The van der Waals surface area contributed by atoms with E-state index in [9.17, 15) is 9.59 Å². The van der Waals surface area contributed by atoms with Gasteiger partial charge in [0.05, 0.1) is 25.3 Å². The molecule has 0 aliphatic carbocycles. The summed E-state index contributed by atoms with van der Waals surface area (Å²) in [6.07, 6.45) is 0. The molecule has 0 heterocycles. The molecule has 0 unspecified atom stereocenters. The van der Waals surface area contributed by atoms with Crippen molar-refractivity contribution in [2.45, 2.75) is 6.92 Å². The minimum Gasteiger partial charge on any atom is -0.496 e. The first kappa shape index (κ1) is 23.9. The first-order valence-corrected chi connectivity index (χ1v) is 11.8. The normalized spacial score (nSPS) is 10.8. The van der Waals surface area contributed by atoms with Crippen molar-refractivity contribution in [1.82, 2.24) is 0 Å². The number of anilines is 2. The maximum atomic E-state index is 13.3. The Morgan fingerprint density at radius 3 is 1.54 bits per heavy atom. The van der Waals surface area contributed by atoms with Crippen LogP contribution in [-0.4, -0.2) is 26.0 Å². The summed E-state index contributed by atoms with van der Waals surface area (Å²) < 4.78 is 11.0. The molecule has 0 saturated carbocycles. The second-order valence-electron chi connectivity index (χ2n) is 8.74. The van der Waals surface area contributed by atoms with E-state index < -0.39 is 0 Å². The molecular weight excluding hydrogens is 464 g/mol. The number of carbonyl (C=O) groups is 2. The lowest BCUT2D eigenvalue weighted by molar-refractivity contribution is 0.101. The molecule has 0 aliphatic rings. The molecule has 37 heavy (non-hydrogen) atoms. The van der Waals surface area contributed by atoms with Gasteiger partial charge in [-0.3, -0.25) is 9.59 Å². The van der Waals surface area contributed by atoms with Crippen molar-refractivity contribution in [3.05, 3.63) is 108 Å². The van der Waals surface area contributed by atoms with Crippen LogP contribution in [0.2, 0.25) is 0 Å². The van der Waals surface area contributed by atoms with E-state index in [0.717, 1.165) is 27.1 Å². The average molecular weight is 491 g/mol. The Labute approximate surface area is 214 Å². The van der Waals surface area contributed by atoms with Crippen LogP contribution in [0.4, 0.5) is 11.4 Å². The van der Waals surface area contributed by atoms with Crippen LogP contribution < -0.4 is 20.1 Å². The Bertz CT molecular complexity index is 1660. The van der Waals surface area contributed by atoms with Crippen molar-refractivity contribution in [3.8, 4) is 11.5 Å². The van der Waals surface area contributed by atoms with Crippen molar-refractivity contribution in [2.24, 2.45) is 0 Å². The molecule has 5 aromatic rings. The van der Waals surface area contributed by atoms with E-state index in [0.29, 0.717) is 34.0 Å². The van der Waals surface area contributed by atoms with Gasteiger partial charge in [0.25, 0.3) is 11.8 Å². The third kappa shape index (κ3) is 4.82. The largest absolute Gasteiger partial charge is 0.496 e. The molecule has 5 aromatic carbocycles. The van der Waals surface area contributed by atoms with Gasteiger partial charge in [-0.2, -0.15) is 0 Å². The SMILES string of the molecule is COc1cc2ccccc2cc1C(=O)Nc1ccc(C)c(NC(=O)c2cc3ccccc3cc2OC)c1. The van der Waals surface area contributed by atoms with Crippen molar-refractivity contribution < 1.29 is 19.1 Å². The fourth-order valence-corrected chi connectivity index (χ4v) is 4.35. The molecule has 0 atom stereocenters. The number of ether oxygens (including phenoxy) is 2. The Morgan fingerprint density at radius 1 is 0.595 bits per heavy atom. The van der Waals surface area contributed by atoms with Crippen molar-refractivity contribution in [3.63, 3.8) is 0 Å². The van der Waals surface area contributed by atoms with Gasteiger partial charge in [0.2, 0.25) is 0 Å².